The predicted octanol–water partition coefficient (Wildman–Crippen LogP) is 3.86. The van der Waals surface area contributed by atoms with E-state index in [0.29, 0.717) is 27.6 Å². The van der Waals surface area contributed by atoms with E-state index >= 15 is 0 Å². The summed E-state index contributed by atoms with van der Waals surface area (Å²) in [5.41, 5.74) is 6.35. The highest BCUT2D eigenvalue weighted by Gasteiger charge is 2.07. The van der Waals surface area contributed by atoms with Gasteiger partial charge in [0.2, 0.25) is 0 Å². The maximum absolute atomic E-state index is 13.4. The lowest BCUT2D eigenvalue weighted by Gasteiger charge is -2.09. The number of nitrogens with two attached hydrogens (primary N) is 1. The van der Waals surface area contributed by atoms with Gasteiger partial charge < -0.3 is 10.5 Å². The summed E-state index contributed by atoms with van der Waals surface area (Å²) in [6.45, 7) is 1.68. The number of aryl methyl sites for hydroxylation is 1. The molecule has 0 heterocycles. The number of hydrogen-bond acceptors (Lipinski definition) is 2. The molecule has 0 amide bonds. The monoisotopic (exact) mass is 278 g/mol. The number of rotatable bonds is 3. The van der Waals surface area contributed by atoms with Crippen LogP contribution in [0.15, 0.2) is 36.4 Å². The summed E-state index contributed by atoms with van der Waals surface area (Å²) in [5, 5.41) is 7.64. The van der Waals surface area contributed by atoms with Gasteiger partial charge in [0.1, 0.15) is 23.2 Å². The van der Waals surface area contributed by atoms with Crippen LogP contribution >= 0.6 is 11.6 Å². The van der Waals surface area contributed by atoms with Crippen molar-refractivity contribution in [3.05, 3.63) is 58.4 Å². The van der Waals surface area contributed by atoms with Crippen LogP contribution in [0.25, 0.3) is 0 Å². The molecule has 0 aliphatic carbocycles. The Kier molecular flexibility index (Phi) is 3.71. The predicted molar refractivity (Wildman–Crippen MR) is 73.7 cm³/mol. The summed E-state index contributed by atoms with van der Waals surface area (Å²) in [6.07, 6.45) is 0. The summed E-state index contributed by atoms with van der Waals surface area (Å²) in [5.74, 6) is 0.398. The smallest absolute Gasteiger partial charge is 0.130 e. The number of nitrogen functional groups attached to an aromatic ring is 1. The zero-order chi connectivity index (χ0) is 14.0. The van der Waals surface area contributed by atoms with Crippen molar-refractivity contribution in [1.82, 2.24) is 0 Å². The van der Waals surface area contributed by atoms with Crippen LogP contribution in [0.3, 0.4) is 0 Å². The van der Waals surface area contributed by atoms with Gasteiger partial charge in [0.25, 0.3) is 0 Å². The third-order valence-corrected chi connectivity index (χ3v) is 2.92. The Morgan fingerprint density at radius 2 is 1.84 bits per heavy atom. The number of hydrogen-bond donors (Lipinski definition) is 2. The first kappa shape index (κ1) is 13.4. The Labute approximate surface area is 115 Å². The van der Waals surface area contributed by atoms with Crippen molar-refractivity contribution in [3.63, 3.8) is 0 Å². The zero-order valence-electron chi connectivity index (χ0n) is 10.2. The molecular weight excluding hydrogens is 267 g/mol. The summed E-state index contributed by atoms with van der Waals surface area (Å²) in [4.78, 5) is 0. The molecule has 0 unspecified atom stereocenters. The van der Waals surface area contributed by atoms with E-state index < -0.39 is 0 Å². The minimum atomic E-state index is -0.330. The minimum Gasteiger partial charge on any atom is -0.457 e. The molecule has 0 bridgehead atoms. The molecular formula is C14H12ClFN2O. The zero-order valence-corrected chi connectivity index (χ0v) is 11.0. The number of benzene rings is 2. The Morgan fingerprint density at radius 1 is 1.21 bits per heavy atom. The summed E-state index contributed by atoms with van der Waals surface area (Å²) in [6, 6.07) is 9.37. The Balaban J connectivity index is 2.26. The second-order valence-electron chi connectivity index (χ2n) is 4.07. The van der Waals surface area contributed by atoms with E-state index in [1.807, 2.05) is 0 Å². The molecule has 0 radical (unpaired) electrons. The van der Waals surface area contributed by atoms with Crippen molar-refractivity contribution in [3.8, 4) is 11.5 Å². The molecule has 2 aromatic carbocycles. The fourth-order valence-electron chi connectivity index (χ4n) is 1.55. The number of ether oxygens (including phenoxy) is 1. The Hall–Kier alpha value is -2.07. The van der Waals surface area contributed by atoms with Crippen molar-refractivity contribution in [1.29, 1.82) is 5.41 Å². The minimum absolute atomic E-state index is 0.113. The fraction of sp³-hybridized carbons (Fsp3) is 0.0714. The van der Waals surface area contributed by atoms with Crippen LogP contribution in [-0.4, -0.2) is 5.84 Å². The first-order chi connectivity index (χ1) is 8.97. The third kappa shape index (κ3) is 3.03. The molecule has 3 nitrogen and oxygen atoms in total. The highest BCUT2D eigenvalue weighted by Crippen LogP contribution is 2.27. The van der Waals surface area contributed by atoms with Crippen LogP contribution < -0.4 is 10.5 Å². The van der Waals surface area contributed by atoms with Gasteiger partial charge in [-0.3, -0.25) is 5.41 Å². The van der Waals surface area contributed by atoms with Gasteiger partial charge in [0, 0.05) is 17.7 Å². The average Bonchev–Trinajstić information content (AvgIpc) is 2.33. The van der Waals surface area contributed by atoms with E-state index in [1.54, 1.807) is 31.2 Å². The molecule has 19 heavy (non-hydrogen) atoms. The van der Waals surface area contributed by atoms with Crippen LogP contribution in [0.2, 0.25) is 5.02 Å². The lowest BCUT2D eigenvalue weighted by Crippen LogP contribution is -2.11. The van der Waals surface area contributed by atoms with Gasteiger partial charge in [-0.2, -0.15) is 0 Å². The van der Waals surface area contributed by atoms with Crippen molar-refractivity contribution >= 4 is 17.4 Å². The molecule has 0 spiro atoms. The molecule has 5 heteroatoms. The van der Waals surface area contributed by atoms with Crippen molar-refractivity contribution < 1.29 is 9.13 Å². The Bertz CT molecular complexity index is 643. The quantitative estimate of drug-likeness (QED) is 0.661. The van der Waals surface area contributed by atoms with E-state index in [2.05, 4.69) is 0 Å². The van der Waals surface area contributed by atoms with E-state index in [0.717, 1.165) is 0 Å². The lowest BCUT2D eigenvalue weighted by molar-refractivity contribution is 0.476. The second-order valence-corrected chi connectivity index (χ2v) is 4.48. The molecule has 0 atom stereocenters. The summed E-state index contributed by atoms with van der Waals surface area (Å²) in [7, 11) is 0. The standard InChI is InChI=1S/C14H12ClFN2O/c1-8-2-3-10(7-13(8)16)19-9-4-5-11(14(17)18)12(15)6-9/h2-7H,1H3,(H3,17,18). The topological polar surface area (TPSA) is 59.1 Å². The van der Waals surface area contributed by atoms with Crippen LogP contribution in [0, 0.1) is 18.2 Å². The van der Waals surface area contributed by atoms with Gasteiger partial charge in [0.15, 0.2) is 0 Å². The molecule has 2 aromatic rings. The molecule has 0 saturated carbocycles. The van der Waals surface area contributed by atoms with Gasteiger partial charge in [-0.15, -0.1) is 0 Å². The number of nitrogens with one attached hydrogen (secondary N) is 1. The van der Waals surface area contributed by atoms with Crippen molar-refractivity contribution in [2.45, 2.75) is 6.92 Å². The second kappa shape index (κ2) is 5.28. The van der Waals surface area contributed by atoms with Crippen LogP contribution in [0.1, 0.15) is 11.1 Å². The van der Waals surface area contributed by atoms with E-state index in [1.165, 1.54) is 12.1 Å². The van der Waals surface area contributed by atoms with Crippen LogP contribution in [0.4, 0.5) is 4.39 Å². The maximum atomic E-state index is 13.4. The van der Waals surface area contributed by atoms with E-state index in [-0.39, 0.29) is 11.7 Å². The number of halogens is 2. The third-order valence-electron chi connectivity index (χ3n) is 2.61. The fourth-order valence-corrected chi connectivity index (χ4v) is 1.82. The van der Waals surface area contributed by atoms with Gasteiger partial charge in [-0.1, -0.05) is 17.7 Å². The van der Waals surface area contributed by atoms with Gasteiger partial charge in [0.05, 0.1) is 5.02 Å². The summed E-state index contributed by atoms with van der Waals surface area (Å²) >= 11 is 5.97. The summed E-state index contributed by atoms with van der Waals surface area (Å²) < 4.78 is 18.9. The number of amidine groups is 1. The molecule has 0 aromatic heterocycles. The molecule has 98 valence electrons. The lowest BCUT2D eigenvalue weighted by atomic mass is 10.2. The van der Waals surface area contributed by atoms with Gasteiger partial charge >= 0.3 is 0 Å². The normalized spacial score (nSPS) is 10.3. The van der Waals surface area contributed by atoms with E-state index in [9.17, 15) is 4.39 Å². The largest absolute Gasteiger partial charge is 0.457 e. The molecule has 3 N–H and O–H groups in total. The van der Waals surface area contributed by atoms with Crippen LogP contribution in [-0.2, 0) is 0 Å². The average molecular weight is 279 g/mol. The van der Waals surface area contributed by atoms with E-state index in [4.69, 9.17) is 27.5 Å². The molecule has 0 aliphatic rings. The first-order valence-electron chi connectivity index (χ1n) is 5.55. The van der Waals surface area contributed by atoms with Crippen LogP contribution in [0.5, 0.6) is 11.5 Å². The molecule has 2 rings (SSSR count). The highest BCUT2D eigenvalue weighted by molar-refractivity contribution is 6.34. The maximum Gasteiger partial charge on any atom is 0.130 e. The van der Waals surface area contributed by atoms with Crippen molar-refractivity contribution in [2.75, 3.05) is 0 Å². The first-order valence-corrected chi connectivity index (χ1v) is 5.93. The molecule has 0 fully saturated rings. The SMILES string of the molecule is Cc1ccc(Oc2ccc(C(=N)N)c(Cl)c2)cc1F. The van der Waals surface area contributed by atoms with Gasteiger partial charge in [-0.25, -0.2) is 4.39 Å². The molecule has 0 saturated heterocycles. The van der Waals surface area contributed by atoms with Crippen molar-refractivity contribution in [2.24, 2.45) is 5.73 Å². The molecule has 0 aliphatic heterocycles. The Morgan fingerprint density at radius 3 is 2.42 bits per heavy atom. The van der Waals surface area contributed by atoms with Gasteiger partial charge in [-0.05, 0) is 30.7 Å². The highest BCUT2D eigenvalue weighted by atomic mass is 35.5.